The molecule has 0 atom stereocenters. The van der Waals surface area contributed by atoms with Crippen molar-refractivity contribution in [3.05, 3.63) is 65.9 Å². The van der Waals surface area contributed by atoms with E-state index >= 15 is 0 Å². The van der Waals surface area contributed by atoms with E-state index in [-0.39, 0.29) is 5.56 Å². The van der Waals surface area contributed by atoms with E-state index in [0.29, 0.717) is 16.9 Å². The van der Waals surface area contributed by atoms with Crippen LogP contribution < -0.4 is 0 Å². The average molecular weight is 333 g/mol. The highest BCUT2D eigenvalue weighted by Crippen LogP contribution is 2.30. The highest BCUT2D eigenvalue weighted by atomic mass is 19.4. The van der Waals surface area contributed by atoms with Gasteiger partial charge in [-0.2, -0.15) is 13.2 Å². The van der Waals surface area contributed by atoms with Gasteiger partial charge in [-0.05, 0) is 30.3 Å². The maximum Gasteiger partial charge on any atom is 0.416 e. The molecule has 3 rings (SSSR count). The number of carboxylic acid groups (broad SMARTS) is 1. The second-order valence-corrected chi connectivity index (χ2v) is 4.98. The fourth-order valence-corrected chi connectivity index (χ4v) is 2.13. The van der Waals surface area contributed by atoms with Gasteiger partial charge in [0.1, 0.15) is 5.69 Å². The molecule has 8 heteroatoms. The maximum absolute atomic E-state index is 12.6. The molecule has 2 aromatic carbocycles. The van der Waals surface area contributed by atoms with Gasteiger partial charge < -0.3 is 5.11 Å². The van der Waals surface area contributed by atoms with E-state index in [1.165, 1.54) is 35.1 Å². The fraction of sp³-hybridized carbons (Fsp3) is 0.0625. The van der Waals surface area contributed by atoms with Crippen LogP contribution in [-0.2, 0) is 6.18 Å². The van der Waals surface area contributed by atoms with Crippen LogP contribution in [-0.4, -0.2) is 26.1 Å². The van der Waals surface area contributed by atoms with Gasteiger partial charge in [0.25, 0.3) is 0 Å². The van der Waals surface area contributed by atoms with Crippen molar-refractivity contribution in [3.8, 4) is 16.9 Å². The normalized spacial score (nSPS) is 11.5. The number of rotatable bonds is 3. The van der Waals surface area contributed by atoms with Crippen LogP contribution in [0, 0.1) is 0 Å². The van der Waals surface area contributed by atoms with E-state index < -0.39 is 17.7 Å². The van der Waals surface area contributed by atoms with Gasteiger partial charge in [0.2, 0.25) is 0 Å². The van der Waals surface area contributed by atoms with Crippen molar-refractivity contribution in [1.29, 1.82) is 0 Å². The molecule has 0 aliphatic carbocycles. The first kappa shape index (κ1) is 15.7. The number of carboxylic acids is 1. The molecule has 5 nitrogen and oxygen atoms in total. The maximum atomic E-state index is 12.6. The number of hydrogen-bond acceptors (Lipinski definition) is 3. The monoisotopic (exact) mass is 333 g/mol. The van der Waals surface area contributed by atoms with E-state index in [0.717, 1.165) is 12.1 Å². The van der Waals surface area contributed by atoms with E-state index in [2.05, 4.69) is 10.3 Å². The summed E-state index contributed by atoms with van der Waals surface area (Å²) in [5.74, 6) is -1.07. The molecule has 3 aromatic rings. The number of alkyl halides is 3. The summed E-state index contributed by atoms with van der Waals surface area (Å²) in [6.07, 6.45) is -2.88. The van der Waals surface area contributed by atoms with Crippen LogP contribution in [0.1, 0.15) is 15.9 Å². The summed E-state index contributed by atoms with van der Waals surface area (Å²) in [5, 5.41) is 16.8. The predicted molar refractivity (Wildman–Crippen MR) is 78.8 cm³/mol. The highest BCUT2D eigenvalue weighted by Gasteiger charge is 2.30. The number of halogens is 3. The van der Waals surface area contributed by atoms with Gasteiger partial charge in [-0.3, -0.25) is 0 Å². The van der Waals surface area contributed by atoms with Crippen molar-refractivity contribution < 1.29 is 23.1 Å². The number of hydrogen-bond donors (Lipinski definition) is 1. The summed E-state index contributed by atoms with van der Waals surface area (Å²) >= 11 is 0. The Morgan fingerprint density at radius 1 is 1.08 bits per heavy atom. The molecular weight excluding hydrogens is 323 g/mol. The van der Waals surface area contributed by atoms with Crippen LogP contribution >= 0.6 is 0 Å². The molecule has 1 heterocycles. The Labute approximate surface area is 134 Å². The van der Waals surface area contributed by atoms with Crippen LogP contribution in [0.2, 0.25) is 0 Å². The van der Waals surface area contributed by atoms with E-state index in [1.807, 2.05) is 0 Å². The summed E-state index contributed by atoms with van der Waals surface area (Å²) in [6.45, 7) is 0. The number of nitrogens with zero attached hydrogens (tertiary/aromatic N) is 3. The van der Waals surface area contributed by atoms with Crippen LogP contribution in [0.4, 0.5) is 13.2 Å². The SMILES string of the molecule is O=C(O)c1cccc(-n2cc(-c3ccc(C(F)(F)F)cc3)nn2)c1. The number of aromatic carboxylic acids is 1. The van der Waals surface area contributed by atoms with Crippen LogP contribution in [0.25, 0.3) is 16.9 Å². The topological polar surface area (TPSA) is 68.0 Å². The Hall–Kier alpha value is -3.16. The summed E-state index contributed by atoms with van der Waals surface area (Å²) in [7, 11) is 0. The van der Waals surface area contributed by atoms with Crippen molar-refractivity contribution in [3.63, 3.8) is 0 Å². The van der Waals surface area contributed by atoms with Crippen LogP contribution in [0.5, 0.6) is 0 Å². The van der Waals surface area contributed by atoms with Crippen LogP contribution in [0.3, 0.4) is 0 Å². The smallest absolute Gasteiger partial charge is 0.416 e. The van der Waals surface area contributed by atoms with Gasteiger partial charge in [0.15, 0.2) is 0 Å². The predicted octanol–water partition coefficient (Wildman–Crippen LogP) is 3.65. The lowest BCUT2D eigenvalue weighted by molar-refractivity contribution is -0.137. The zero-order chi connectivity index (χ0) is 17.3. The number of benzene rings is 2. The largest absolute Gasteiger partial charge is 0.478 e. The van der Waals surface area contributed by atoms with Gasteiger partial charge in [0, 0.05) is 5.56 Å². The van der Waals surface area contributed by atoms with Gasteiger partial charge in [-0.1, -0.05) is 23.4 Å². The third-order valence-corrected chi connectivity index (χ3v) is 3.36. The minimum Gasteiger partial charge on any atom is -0.478 e. The Bertz CT molecular complexity index is 886. The molecule has 0 saturated carbocycles. The molecule has 1 aromatic heterocycles. The Morgan fingerprint density at radius 2 is 1.79 bits per heavy atom. The molecule has 0 saturated heterocycles. The van der Waals surface area contributed by atoms with E-state index in [9.17, 15) is 18.0 Å². The van der Waals surface area contributed by atoms with E-state index in [4.69, 9.17) is 5.11 Å². The summed E-state index contributed by atoms with van der Waals surface area (Å²) in [4.78, 5) is 11.0. The molecule has 24 heavy (non-hydrogen) atoms. The zero-order valence-electron chi connectivity index (χ0n) is 12.0. The molecule has 122 valence electrons. The van der Waals surface area contributed by atoms with Crippen LogP contribution in [0.15, 0.2) is 54.7 Å². The highest BCUT2D eigenvalue weighted by molar-refractivity contribution is 5.88. The van der Waals surface area contributed by atoms with Crippen molar-refractivity contribution >= 4 is 5.97 Å². The molecule has 0 spiro atoms. The van der Waals surface area contributed by atoms with Crippen molar-refractivity contribution in [2.75, 3.05) is 0 Å². The third-order valence-electron chi connectivity index (χ3n) is 3.36. The third kappa shape index (κ3) is 3.12. The molecular formula is C16H10F3N3O2. The average Bonchev–Trinajstić information content (AvgIpc) is 3.04. The lowest BCUT2D eigenvalue weighted by atomic mass is 10.1. The van der Waals surface area contributed by atoms with E-state index in [1.54, 1.807) is 12.1 Å². The van der Waals surface area contributed by atoms with Gasteiger partial charge in [0.05, 0.1) is 23.0 Å². The van der Waals surface area contributed by atoms with Crippen molar-refractivity contribution in [2.24, 2.45) is 0 Å². The lowest BCUT2D eigenvalue weighted by Crippen LogP contribution is -2.03. The molecule has 0 unspecified atom stereocenters. The van der Waals surface area contributed by atoms with Crippen molar-refractivity contribution in [2.45, 2.75) is 6.18 Å². The summed E-state index contributed by atoms with van der Waals surface area (Å²) < 4.78 is 39.1. The molecule has 0 amide bonds. The number of aromatic nitrogens is 3. The molecule has 1 N–H and O–H groups in total. The van der Waals surface area contributed by atoms with Gasteiger partial charge >= 0.3 is 12.1 Å². The molecule has 0 radical (unpaired) electrons. The Kier molecular flexibility index (Phi) is 3.80. The van der Waals surface area contributed by atoms with Crippen molar-refractivity contribution in [1.82, 2.24) is 15.0 Å². The summed E-state index contributed by atoms with van der Waals surface area (Å²) in [5.41, 5.74) is 0.695. The molecule has 0 aliphatic rings. The minimum atomic E-state index is -4.40. The minimum absolute atomic E-state index is 0.0964. The fourth-order valence-electron chi connectivity index (χ4n) is 2.13. The van der Waals surface area contributed by atoms with Gasteiger partial charge in [-0.15, -0.1) is 5.10 Å². The Morgan fingerprint density at radius 3 is 2.42 bits per heavy atom. The molecule has 0 fully saturated rings. The standard InChI is InChI=1S/C16H10F3N3O2/c17-16(18,19)12-6-4-10(5-7-12)14-9-22(21-20-14)13-3-1-2-11(8-13)15(23)24/h1-9H,(H,23,24). The lowest BCUT2D eigenvalue weighted by Gasteiger charge is -2.06. The zero-order valence-corrected chi connectivity index (χ0v) is 12.0. The first-order chi connectivity index (χ1) is 11.3. The second kappa shape index (κ2) is 5.80. The first-order valence-electron chi connectivity index (χ1n) is 6.78. The second-order valence-electron chi connectivity index (χ2n) is 4.98. The summed E-state index contributed by atoms with van der Waals surface area (Å²) in [6, 6.07) is 10.7. The molecule has 0 bridgehead atoms. The Balaban J connectivity index is 1.91. The number of carbonyl (C=O) groups is 1. The van der Waals surface area contributed by atoms with Gasteiger partial charge in [-0.25, -0.2) is 9.48 Å². The first-order valence-corrected chi connectivity index (χ1v) is 6.78. The molecule has 0 aliphatic heterocycles. The quantitative estimate of drug-likeness (QED) is 0.794.